The zero-order chi connectivity index (χ0) is 5.54. The predicted octanol–water partition coefficient (Wildman–Crippen LogP) is 0.847. The summed E-state index contributed by atoms with van der Waals surface area (Å²) in [5.41, 5.74) is 0. The highest BCUT2D eigenvalue weighted by Gasteiger charge is 1.56. The van der Waals surface area contributed by atoms with E-state index in [0.29, 0.717) is 0 Å². The summed E-state index contributed by atoms with van der Waals surface area (Å²) in [7, 11) is 3.31. The van der Waals surface area contributed by atoms with Gasteiger partial charge in [-0.05, 0) is 6.08 Å². The summed E-state index contributed by atoms with van der Waals surface area (Å²) in [4.78, 5) is 3.68. The van der Waals surface area contributed by atoms with Gasteiger partial charge >= 0.3 is 0 Å². The molecule has 2 heteroatoms. The van der Waals surface area contributed by atoms with Crippen LogP contribution in [0, 0.1) is 0 Å². The first kappa shape index (κ1) is 6.21. The molecule has 0 bridgehead atoms. The van der Waals surface area contributed by atoms with Gasteiger partial charge in [-0.2, -0.15) is 0 Å². The van der Waals surface area contributed by atoms with Crippen molar-refractivity contribution < 1.29 is 4.74 Å². The third-order valence-electron chi connectivity index (χ3n) is 0.450. The van der Waals surface area contributed by atoms with Gasteiger partial charge in [0.1, 0.15) is 0 Å². The molecule has 7 heavy (non-hydrogen) atoms. The number of aliphatic imine (C=N–C) groups is 1. The van der Waals surface area contributed by atoms with Gasteiger partial charge in [0.05, 0.1) is 13.4 Å². The lowest BCUT2D eigenvalue weighted by molar-refractivity contribution is 0.338. The maximum Gasteiger partial charge on any atom is 0.0839 e. The first-order chi connectivity index (χ1) is 3.41. The van der Waals surface area contributed by atoms with Gasteiger partial charge in [-0.1, -0.05) is 0 Å². The standard InChI is InChI=1S/C5H9NO/c1-6-4-3-5-7-2/h3-5H,1-2H3/b5-3-,6-4?. The number of hydrogen-bond donors (Lipinski definition) is 0. The van der Waals surface area contributed by atoms with E-state index >= 15 is 0 Å². The van der Waals surface area contributed by atoms with Gasteiger partial charge in [0.2, 0.25) is 0 Å². The predicted molar refractivity (Wildman–Crippen MR) is 30.6 cm³/mol. The Morgan fingerprint density at radius 1 is 1.57 bits per heavy atom. The molecule has 0 rings (SSSR count). The molecular formula is C5H9NO. The molecule has 0 aliphatic heterocycles. The number of nitrogens with zero attached hydrogens (tertiary/aromatic N) is 1. The Hall–Kier alpha value is -0.790. The molecule has 0 aromatic carbocycles. The molecule has 0 amide bonds. The highest BCUT2D eigenvalue weighted by atomic mass is 16.5. The van der Waals surface area contributed by atoms with Crippen molar-refractivity contribution in [1.82, 2.24) is 0 Å². The molecule has 40 valence electrons. The molecule has 2 nitrogen and oxygen atoms in total. The Morgan fingerprint density at radius 2 is 2.29 bits per heavy atom. The van der Waals surface area contributed by atoms with E-state index in [0.717, 1.165) is 0 Å². The lowest BCUT2D eigenvalue weighted by Crippen LogP contribution is -1.65. The van der Waals surface area contributed by atoms with E-state index in [9.17, 15) is 0 Å². The fourth-order valence-corrected chi connectivity index (χ4v) is 0.200. The summed E-state index contributed by atoms with van der Waals surface area (Å²) in [6.45, 7) is 0. The van der Waals surface area contributed by atoms with Gasteiger partial charge in [-0.15, -0.1) is 0 Å². The van der Waals surface area contributed by atoms with Crippen molar-refractivity contribution in [2.24, 2.45) is 4.99 Å². The summed E-state index contributed by atoms with van der Waals surface area (Å²) in [6, 6.07) is 0. The zero-order valence-corrected chi connectivity index (χ0v) is 4.59. The first-order valence-corrected chi connectivity index (χ1v) is 2.02. The average Bonchev–Trinajstić information content (AvgIpc) is 1.69. The molecule has 0 fully saturated rings. The lowest BCUT2D eigenvalue weighted by Gasteiger charge is -1.78. The Bertz CT molecular complexity index is 76.1. The van der Waals surface area contributed by atoms with Crippen molar-refractivity contribution in [3.05, 3.63) is 12.3 Å². The topological polar surface area (TPSA) is 21.6 Å². The van der Waals surface area contributed by atoms with Gasteiger partial charge in [-0.3, -0.25) is 4.99 Å². The molecule has 0 N–H and O–H groups in total. The van der Waals surface area contributed by atoms with Crippen LogP contribution in [-0.2, 0) is 4.74 Å². The minimum absolute atomic E-state index is 1.56. The third kappa shape index (κ3) is 5.21. The summed E-state index contributed by atoms with van der Waals surface area (Å²) in [5.74, 6) is 0. The average molecular weight is 99.1 g/mol. The van der Waals surface area contributed by atoms with E-state index in [1.54, 1.807) is 32.7 Å². The number of methoxy groups -OCH3 is 1. The monoisotopic (exact) mass is 99.1 g/mol. The summed E-state index contributed by atoms with van der Waals surface area (Å²) in [5, 5.41) is 0. The number of allylic oxidation sites excluding steroid dienone is 1. The van der Waals surface area contributed by atoms with Crippen LogP contribution in [0.15, 0.2) is 17.3 Å². The minimum Gasteiger partial charge on any atom is -0.504 e. The van der Waals surface area contributed by atoms with E-state index in [2.05, 4.69) is 9.73 Å². The lowest BCUT2D eigenvalue weighted by atomic mass is 10.7. The SMILES string of the molecule is CN=C/C=C\OC. The molecule has 0 aromatic rings. The summed E-state index contributed by atoms with van der Waals surface area (Å²) < 4.78 is 4.57. The third-order valence-corrected chi connectivity index (χ3v) is 0.450. The van der Waals surface area contributed by atoms with Crippen LogP contribution in [0.25, 0.3) is 0 Å². The van der Waals surface area contributed by atoms with E-state index in [4.69, 9.17) is 0 Å². The number of rotatable bonds is 2. The van der Waals surface area contributed by atoms with E-state index in [1.165, 1.54) is 0 Å². The second-order valence-corrected chi connectivity index (χ2v) is 0.972. The number of hydrogen-bond acceptors (Lipinski definition) is 2. The smallest absolute Gasteiger partial charge is 0.0839 e. The molecule has 0 heterocycles. The second kappa shape index (κ2) is 5.21. The van der Waals surface area contributed by atoms with Crippen molar-refractivity contribution >= 4 is 6.21 Å². The Morgan fingerprint density at radius 3 is 2.71 bits per heavy atom. The fourth-order valence-electron chi connectivity index (χ4n) is 0.200. The molecule has 0 aliphatic carbocycles. The number of ether oxygens (including phenoxy) is 1. The van der Waals surface area contributed by atoms with Crippen molar-refractivity contribution in [3.8, 4) is 0 Å². The van der Waals surface area contributed by atoms with Crippen LogP contribution in [-0.4, -0.2) is 20.4 Å². The highest BCUT2D eigenvalue weighted by Crippen LogP contribution is 1.65. The van der Waals surface area contributed by atoms with Crippen LogP contribution in [0.3, 0.4) is 0 Å². The molecule has 0 aromatic heterocycles. The molecule has 0 radical (unpaired) electrons. The Kier molecular flexibility index (Phi) is 4.62. The van der Waals surface area contributed by atoms with E-state index in [-0.39, 0.29) is 0 Å². The van der Waals surface area contributed by atoms with Crippen LogP contribution in [0.4, 0.5) is 0 Å². The largest absolute Gasteiger partial charge is 0.504 e. The van der Waals surface area contributed by atoms with Crippen LogP contribution in [0.2, 0.25) is 0 Å². The summed E-state index contributed by atoms with van der Waals surface area (Å²) in [6.07, 6.45) is 4.94. The van der Waals surface area contributed by atoms with Gasteiger partial charge in [0.15, 0.2) is 0 Å². The minimum atomic E-state index is 1.56. The molecule has 0 saturated carbocycles. The van der Waals surface area contributed by atoms with Gasteiger partial charge in [-0.25, -0.2) is 0 Å². The highest BCUT2D eigenvalue weighted by molar-refractivity contribution is 5.70. The van der Waals surface area contributed by atoms with Crippen LogP contribution in [0.1, 0.15) is 0 Å². The zero-order valence-electron chi connectivity index (χ0n) is 4.59. The van der Waals surface area contributed by atoms with Crippen molar-refractivity contribution in [2.45, 2.75) is 0 Å². The van der Waals surface area contributed by atoms with Crippen LogP contribution < -0.4 is 0 Å². The molecule has 0 atom stereocenters. The van der Waals surface area contributed by atoms with Gasteiger partial charge < -0.3 is 4.74 Å². The Labute approximate surface area is 43.5 Å². The van der Waals surface area contributed by atoms with Crippen LogP contribution in [0.5, 0.6) is 0 Å². The normalized spacial score (nSPS) is 11.1. The van der Waals surface area contributed by atoms with E-state index < -0.39 is 0 Å². The van der Waals surface area contributed by atoms with E-state index in [1.807, 2.05) is 0 Å². The molecule has 0 aliphatic rings. The van der Waals surface area contributed by atoms with Crippen molar-refractivity contribution in [1.29, 1.82) is 0 Å². The molecular weight excluding hydrogens is 90.1 g/mol. The van der Waals surface area contributed by atoms with Gasteiger partial charge in [0, 0.05) is 13.3 Å². The molecule has 0 saturated heterocycles. The maximum atomic E-state index is 4.57. The fraction of sp³-hybridized carbons (Fsp3) is 0.400. The summed E-state index contributed by atoms with van der Waals surface area (Å²) >= 11 is 0. The molecule has 0 spiro atoms. The second-order valence-electron chi connectivity index (χ2n) is 0.972. The van der Waals surface area contributed by atoms with Crippen molar-refractivity contribution in [3.63, 3.8) is 0 Å². The molecule has 0 unspecified atom stereocenters. The van der Waals surface area contributed by atoms with Crippen LogP contribution >= 0.6 is 0 Å². The first-order valence-electron chi connectivity index (χ1n) is 2.02. The Balaban J connectivity index is 3.09. The quantitative estimate of drug-likeness (QED) is 0.371. The van der Waals surface area contributed by atoms with Gasteiger partial charge in [0.25, 0.3) is 0 Å². The maximum absolute atomic E-state index is 4.57. The van der Waals surface area contributed by atoms with Crippen molar-refractivity contribution in [2.75, 3.05) is 14.2 Å².